The Morgan fingerprint density at radius 2 is 1.83 bits per heavy atom. The van der Waals surface area contributed by atoms with Gasteiger partial charge in [0.25, 0.3) is 0 Å². The van der Waals surface area contributed by atoms with E-state index in [9.17, 15) is 4.79 Å². The van der Waals surface area contributed by atoms with E-state index in [1.54, 1.807) is 0 Å². The molecule has 0 spiro atoms. The van der Waals surface area contributed by atoms with Crippen molar-refractivity contribution in [3.05, 3.63) is 82.7 Å². The van der Waals surface area contributed by atoms with E-state index in [0.717, 1.165) is 42.4 Å². The van der Waals surface area contributed by atoms with E-state index in [4.69, 9.17) is 4.52 Å². The molecule has 186 valence electrons. The van der Waals surface area contributed by atoms with E-state index < -0.39 is 0 Å². The predicted octanol–water partition coefficient (Wildman–Crippen LogP) is 5.86. The second-order valence-corrected chi connectivity index (χ2v) is 10.7. The van der Waals surface area contributed by atoms with Gasteiger partial charge in [-0.3, -0.25) is 9.69 Å². The van der Waals surface area contributed by atoms with Gasteiger partial charge in [-0.15, -0.1) is 0 Å². The number of carbonyl (C=O) groups is 1. The van der Waals surface area contributed by atoms with Gasteiger partial charge in [0.15, 0.2) is 0 Å². The first-order valence-electron chi connectivity index (χ1n) is 12.6. The van der Waals surface area contributed by atoms with Crippen LogP contribution in [0, 0.1) is 11.8 Å². The van der Waals surface area contributed by atoms with Gasteiger partial charge in [-0.05, 0) is 78.9 Å². The lowest BCUT2D eigenvalue weighted by atomic mass is 9.94. The number of nitrogens with one attached hydrogen (secondary N) is 1. The Balaban J connectivity index is 1.07. The second kappa shape index (κ2) is 11.4. The number of fused-ring (bicyclic) bond motifs is 1. The van der Waals surface area contributed by atoms with E-state index in [1.165, 1.54) is 16.3 Å². The summed E-state index contributed by atoms with van der Waals surface area (Å²) in [5.41, 5.74) is 2.27. The fraction of sp³-hybridized carbons (Fsp3) is 0.345. The molecule has 1 aromatic heterocycles. The molecule has 3 aromatic carbocycles. The molecule has 1 N–H and O–H groups in total. The first-order chi connectivity index (χ1) is 17.5. The molecule has 1 saturated heterocycles. The molecule has 1 unspecified atom stereocenters. The van der Waals surface area contributed by atoms with E-state index in [0.29, 0.717) is 30.7 Å². The Kier molecular flexibility index (Phi) is 7.78. The van der Waals surface area contributed by atoms with Gasteiger partial charge in [-0.1, -0.05) is 70.5 Å². The Labute approximate surface area is 220 Å². The van der Waals surface area contributed by atoms with Crippen LogP contribution in [0.15, 0.2) is 75.7 Å². The van der Waals surface area contributed by atoms with Crippen molar-refractivity contribution in [1.29, 1.82) is 0 Å². The number of halogens is 1. The van der Waals surface area contributed by atoms with Crippen LogP contribution in [-0.4, -0.2) is 40.6 Å². The second-order valence-electron chi connectivity index (χ2n) is 9.76. The summed E-state index contributed by atoms with van der Waals surface area (Å²) < 4.78 is 6.49. The van der Waals surface area contributed by atoms with Gasteiger partial charge in [0, 0.05) is 22.5 Å². The molecule has 36 heavy (non-hydrogen) atoms. The Morgan fingerprint density at radius 1 is 1.08 bits per heavy atom. The van der Waals surface area contributed by atoms with E-state index in [1.807, 2.05) is 24.3 Å². The quantitative estimate of drug-likeness (QED) is 0.299. The van der Waals surface area contributed by atoms with Gasteiger partial charge < -0.3 is 9.84 Å². The number of amides is 1. The highest BCUT2D eigenvalue weighted by Gasteiger charge is 2.26. The summed E-state index contributed by atoms with van der Waals surface area (Å²) in [7, 11) is 0. The highest BCUT2D eigenvalue weighted by atomic mass is 79.9. The molecule has 6 nitrogen and oxygen atoms in total. The average molecular weight is 547 g/mol. The molecule has 1 fully saturated rings. The molecule has 0 saturated carbocycles. The number of piperidine rings is 1. The maximum absolute atomic E-state index is 12.8. The maximum Gasteiger partial charge on any atom is 0.241 e. The van der Waals surface area contributed by atoms with Gasteiger partial charge in [0.2, 0.25) is 17.6 Å². The average Bonchev–Trinajstić information content (AvgIpc) is 3.37. The Hall–Kier alpha value is -3.03. The molecule has 7 heteroatoms. The van der Waals surface area contributed by atoms with Crippen LogP contribution >= 0.6 is 15.9 Å². The predicted molar refractivity (Wildman–Crippen MR) is 145 cm³/mol. The summed E-state index contributed by atoms with van der Waals surface area (Å²) in [4.78, 5) is 19.7. The molecule has 0 bridgehead atoms. The fourth-order valence-electron chi connectivity index (χ4n) is 4.92. The number of hydrogen-bond acceptors (Lipinski definition) is 5. The lowest BCUT2D eigenvalue weighted by Crippen LogP contribution is -2.41. The summed E-state index contributed by atoms with van der Waals surface area (Å²) in [5.74, 6) is 1.82. The standard InChI is InChI=1S/C29H31BrN4O2/c1-20(17-24-7-4-6-21-5-2-3-8-26(21)24)18-31-29(35)23-13-15-34(16-14-23)19-27-32-28(33-36-27)22-9-11-25(30)12-10-22/h2-12,20,23H,13-19H2,1H3,(H,31,35). The highest BCUT2D eigenvalue weighted by Crippen LogP contribution is 2.23. The molecule has 5 rings (SSSR count). The van der Waals surface area contributed by atoms with Crippen LogP contribution in [0.4, 0.5) is 0 Å². The topological polar surface area (TPSA) is 71.3 Å². The van der Waals surface area contributed by atoms with Crippen molar-refractivity contribution in [3.8, 4) is 11.4 Å². The molecule has 0 radical (unpaired) electrons. The van der Waals surface area contributed by atoms with Crippen LogP contribution in [0.1, 0.15) is 31.2 Å². The van der Waals surface area contributed by atoms with Gasteiger partial charge in [-0.2, -0.15) is 4.98 Å². The minimum atomic E-state index is 0.0621. The van der Waals surface area contributed by atoms with Crippen molar-refractivity contribution >= 4 is 32.6 Å². The zero-order chi connectivity index (χ0) is 24.9. The van der Waals surface area contributed by atoms with Crippen LogP contribution in [0.2, 0.25) is 0 Å². The normalized spacial score (nSPS) is 15.7. The lowest BCUT2D eigenvalue weighted by molar-refractivity contribution is -0.126. The maximum atomic E-state index is 12.8. The smallest absolute Gasteiger partial charge is 0.241 e. The van der Waals surface area contributed by atoms with Gasteiger partial charge >= 0.3 is 0 Å². The molecule has 2 heterocycles. The third-order valence-corrected chi connectivity index (χ3v) is 7.49. The lowest BCUT2D eigenvalue weighted by Gasteiger charge is -2.30. The molecule has 1 aliphatic heterocycles. The van der Waals surface area contributed by atoms with Gasteiger partial charge in [-0.25, -0.2) is 0 Å². The number of likely N-dealkylation sites (tertiary alicyclic amines) is 1. The van der Waals surface area contributed by atoms with Crippen molar-refractivity contribution in [1.82, 2.24) is 20.4 Å². The number of nitrogens with zero attached hydrogens (tertiary/aromatic N) is 3. The number of rotatable bonds is 8. The minimum Gasteiger partial charge on any atom is -0.356 e. The van der Waals surface area contributed by atoms with E-state index in [-0.39, 0.29) is 11.8 Å². The minimum absolute atomic E-state index is 0.0621. The SMILES string of the molecule is CC(CNC(=O)C1CCN(Cc2nc(-c3ccc(Br)cc3)no2)CC1)Cc1cccc2ccccc12. The summed E-state index contributed by atoms with van der Waals surface area (Å²) in [6.45, 7) is 5.21. The van der Waals surface area contributed by atoms with Crippen LogP contribution in [0.25, 0.3) is 22.2 Å². The van der Waals surface area contributed by atoms with Crippen LogP contribution in [0.3, 0.4) is 0 Å². The Morgan fingerprint density at radius 3 is 2.64 bits per heavy atom. The third kappa shape index (κ3) is 6.02. The van der Waals surface area contributed by atoms with E-state index in [2.05, 4.69) is 85.7 Å². The monoisotopic (exact) mass is 546 g/mol. The van der Waals surface area contributed by atoms with Crippen molar-refractivity contribution < 1.29 is 9.32 Å². The Bertz CT molecular complexity index is 1310. The molecule has 0 aliphatic carbocycles. The molecule has 1 amide bonds. The van der Waals surface area contributed by atoms with Gasteiger partial charge in [0.1, 0.15) is 0 Å². The van der Waals surface area contributed by atoms with Crippen molar-refractivity contribution in [3.63, 3.8) is 0 Å². The summed E-state index contributed by atoms with van der Waals surface area (Å²) >= 11 is 3.44. The zero-order valence-electron chi connectivity index (χ0n) is 20.5. The number of aromatic nitrogens is 2. The number of benzene rings is 3. The van der Waals surface area contributed by atoms with Gasteiger partial charge in [0.05, 0.1) is 6.54 Å². The largest absolute Gasteiger partial charge is 0.356 e. The summed E-state index contributed by atoms with van der Waals surface area (Å²) in [6, 6.07) is 22.8. The van der Waals surface area contributed by atoms with Crippen molar-refractivity contribution in [2.75, 3.05) is 19.6 Å². The molecule has 1 aliphatic rings. The fourth-order valence-corrected chi connectivity index (χ4v) is 5.18. The summed E-state index contributed by atoms with van der Waals surface area (Å²) in [5, 5.41) is 9.90. The number of hydrogen-bond donors (Lipinski definition) is 1. The van der Waals surface area contributed by atoms with Crippen molar-refractivity contribution in [2.45, 2.75) is 32.7 Å². The van der Waals surface area contributed by atoms with Crippen LogP contribution in [0.5, 0.6) is 0 Å². The first-order valence-corrected chi connectivity index (χ1v) is 13.4. The van der Waals surface area contributed by atoms with Crippen LogP contribution < -0.4 is 5.32 Å². The summed E-state index contributed by atoms with van der Waals surface area (Å²) in [6.07, 6.45) is 2.64. The third-order valence-electron chi connectivity index (χ3n) is 6.96. The first kappa shape index (κ1) is 24.7. The molecule has 4 aromatic rings. The van der Waals surface area contributed by atoms with E-state index >= 15 is 0 Å². The molecular weight excluding hydrogens is 516 g/mol. The zero-order valence-corrected chi connectivity index (χ0v) is 22.1. The van der Waals surface area contributed by atoms with Crippen molar-refractivity contribution in [2.24, 2.45) is 11.8 Å². The highest BCUT2D eigenvalue weighted by molar-refractivity contribution is 9.10. The molecular formula is C29H31BrN4O2. The number of carbonyl (C=O) groups excluding carboxylic acids is 1. The van der Waals surface area contributed by atoms with Crippen LogP contribution in [-0.2, 0) is 17.8 Å². The molecule has 1 atom stereocenters.